The Morgan fingerprint density at radius 2 is 1.38 bits per heavy atom. The first-order valence-corrected chi connectivity index (χ1v) is 9.44. The molecule has 0 N–H and O–H groups in total. The standard InChI is InChI=1S/C24H21F3O2/c1-2-3-15-29-23(28)21-6-4-5-20(16-21)19-9-7-17(8-10-19)18-11-13-22(14-12-18)24(25,26)27/h4-14,16H,2-3,15H2,1H3. The van der Waals surface area contributed by atoms with Crippen molar-refractivity contribution in [2.75, 3.05) is 6.61 Å². The van der Waals surface area contributed by atoms with Gasteiger partial charge in [0.25, 0.3) is 0 Å². The molecule has 3 aromatic carbocycles. The minimum atomic E-state index is -4.34. The number of carbonyl (C=O) groups is 1. The van der Waals surface area contributed by atoms with E-state index >= 15 is 0 Å². The predicted molar refractivity (Wildman–Crippen MR) is 108 cm³/mol. The second-order valence-electron chi connectivity index (χ2n) is 6.72. The smallest absolute Gasteiger partial charge is 0.416 e. The molecule has 0 fully saturated rings. The zero-order chi connectivity index (χ0) is 20.9. The zero-order valence-electron chi connectivity index (χ0n) is 16.0. The largest absolute Gasteiger partial charge is 0.462 e. The van der Waals surface area contributed by atoms with Gasteiger partial charge in [0.2, 0.25) is 0 Å². The second-order valence-corrected chi connectivity index (χ2v) is 6.72. The van der Waals surface area contributed by atoms with E-state index in [0.29, 0.717) is 17.7 Å². The highest BCUT2D eigenvalue weighted by Gasteiger charge is 2.29. The van der Waals surface area contributed by atoms with Gasteiger partial charge in [-0.1, -0.05) is 61.9 Å². The minimum Gasteiger partial charge on any atom is -0.462 e. The molecule has 150 valence electrons. The van der Waals surface area contributed by atoms with E-state index in [1.807, 2.05) is 37.3 Å². The van der Waals surface area contributed by atoms with Crippen LogP contribution >= 0.6 is 0 Å². The van der Waals surface area contributed by atoms with Gasteiger partial charge in [-0.15, -0.1) is 0 Å². The molecule has 0 atom stereocenters. The van der Waals surface area contributed by atoms with E-state index in [9.17, 15) is 18.0 Å². The number of rotatable bonds is 6. The number of unbranched alkanes of at least 4 members (excludes halogenated alkanes) is 1. The SMILES string of the molecule is CCCCOC(=O)c1cccc(-c2ccc(-c3ccc(C(F)(F)F)cc3)cc2)c1. The van der Waals surface area contributed by atoms with Crippen molar-refractivity contribution < 1.29 is 22.7 Å². The maximum Gasteiger partial charge on any atom is 0.416 e. The number of ether oxygens (including phenoxy) is 1. The number of hydrogen-bond donors (Lipinski definition) is 0. The molecule has 0 heterocycles. The van der Waals surface area contributed by atoms with Gasteiger partial charge >= 0.3 is 12.1 Å². The van der Waals surface area contributed by atoms with E-state index in [2.05, 4.69) is 0 Å². The third kappa shape index (κ3) is 5.25. The lowest BCUT2D eigenvalue weighted by Gasteiger charge is -2.09. The Labute approximate surface area is 168 Å². The average Bonchev–Trinajstić information content (AvgIpc) is 2.73. The maximum atomic E-state index is 12.7. The molecule has 0 saturated heterocycles. The molecule has 5 heteroatoms. The van der Waals surface area contributed by atoms with Crippen LogP contribution in [0.2, 0.25) is 0 Å². The highest BCUT2D eigenvalue weighted by molar-refractivity contribution is 5.91. The van der Waals surface area contributed by atoms with Crippen LogP contribution in [0.4, 0.5) is 13.2 Å². The van der Waals surface area contributed by atoms with Crippen molar-refractivity contribution >= 4 is 5.97 Å². The third-order valence-electron chi connectivity index (χ3n) is 4.59. The van der Waals surface area contributed by atoms with Crippen LogP contribution in [0.25, 0.3) is 22.3 Å². The van der Waals surface area contributed by atoms with E-state index in [-0.39, 0.29) is 5.97 Å². The second kappa shape index (κ2) is 8.95. The molecule has 0 spiro atoms. The van der Waals surface area contributed by atoms with E-state index < -0.39 is 11.7 Å². The fourth-order valence-electron chi connectivity index (χ4n) is 2.93. The Balaban J connectivity index is 1.76. The van der Waals surface area contributed by atoms with Gasteiger partial charge in [0.15, 0.2) is 0 Å². The molecule has 0 aliphatic carbocycles. The molecule has 0 aromatic heterocycles. The highest BCUT2D eigenvalue weighted by atomic mass is 19.4. The topological polar surface area (TPSA) is 26.3 Å². The summed E-state index contributed by atoms with van der Waals surface area (Å²) in [5, 5.41) is 0. The number of alkyl halides is 3. The molecule has 0 radical (unpaired) electrons. The summed E-state index contributed by atoms with van der Waals surface area (Å²) in [7, 11) is 0. The summed E-state index contributed by atoms with van der Waals surface area (Å²) in [5.74, 6) is -0.346. The van der Waals surface area contributed by atoms with Crippen LogP contribution in [0.15, 0.2) is 72.8 Å². The Morgan fingerprint density at radius 3 is 1.93 bits per heavy atom. The minimum absolute atomic E-state index is 0.346. The lowest BCUT2D eigenvalue weighted by atomic mass is 9.98. The van der Waals surface area contributed by atoms with E-state index in [4.69, 9.17) is 4.74 Å². The Morgan fingerprint density at radius 1 is 0.828 bits per heavy atom. The summed E-state index contributed by atoms with van der Waals surface area (Å²) < 4.78 is 43.4. The molecular weight excluding hydrogens is 377 g/mol. The molecule has 0 aliphatic heterocycles. The normalized spacial score (nSPS) is 11.3. The number of carbonyl (C=O) groups excluding carboxylic acids is 1. The molecule has 29 heavy (non-hydrogen) atoms. The van der Waals surface area contributed by atoms with Crippen LogP contribution in [0.3, 0.4) is 0 Å². The van der Waals surface area contributed by atoms with Gasteiger partial charge < -0.3 is 4.74 Å². The van der Waals surface area contributed by atoms with Gasteiger partial charge in [-0.25, -0.2) is 4.79 Å². The number of hydrogen-bond acceptors (Lipinski definition) is 2. The van der Waals surface area contributed by atoms with Crippen molar-refractivity contribution in [3.05, 3.63) is 83.9 Å². The van der Waals surface area contributed by atoms with Crippen LogP contribution in [0.5, 0.6) is 0 Å². The van der Waals surface area contributed by atoms with Crippen molar-refractivity contribution in [2.24, 2.45) is 0 Å². The quantitative estimate of drug-likeness (QED) is 0.330. The summed E-state index contributed by atoms with van der Waals surface area (Å²) in [6.07, 6.45) is -2.56. The van der Waals surface area contributed by atoms with Gasteiger partial charge in [0.1, 0.15) is 0 Å². The fraction of sp³-hybridized carbons (Fsp3) is 0.208. The van der Waals surface area contributed by atoms with Crippen LogP contribution in [-0.4, -0.2) is 12.6 Å². The highest BCUT2D eigenvalue weighted by Crippen LogP contribution is 2.31. The van der Waals surface area contributed by atoms with Crippen molar-refractivity contribution in [3.8, 4) is 22.3 Å². The van der Waals surface area contributed by atoms with E-state index in [1.54, 1.807) is 18.2 Å². The predicted octanol–water partition coefficient (Wildman–Crippen LogP) is 7.00. The van der Waals surface area contributed by atoms with Crippen LogP contribution in [0, 0.1) is 0 Å². The first kappa shape index (κ1) is 20.6. The summed E-state index contributed by atoms with van der Waals surface area (Å²) in [6, 6.07) is 19.8. The van der Waals surface area contributed by atoms with E-state index in [0.717, 1.165) is 41.7 Å². The Hall–Kier alpha value is -3.08. The molecule has 3 rings (SSSR count). The van der Waals surface area contributed by atoms with Gasteiger partial charge in [-0.2, -0.15) is 13.2 Å². The molecule has 0 saturated carbocycles. The van der Waals surface area contributed by atoms with Gasteiger partial charge in [-0.3, -0.25) is 0 Å². The van der Waals surface area contributed by atoms with Gasteiger partial charge in [-0.05, 0) is 52.9 Å². The number of halogens is 3. The molecular formula is C24H21F3O2. The molecule has 0 aliphatic rings. The molecule has 2 nitrogen and oxygen atoms in total. The van der Waals surface area contributed by atoms with Crippen molar-refractivity contribution in [1.29, 1.82) is 0 Å². The monoisotopic (exact) mass is 398 g/mol. The maximum absolute atomic E-state index is 12.7. The van der Waals surface area contributed by atoms with Crippen molar-refractivity contribution in [2.45, 2.75) is 25.9 Å². The average molecular weight is 398 g/mol. The number of benzene rings is 3. The van der Waals surface area contributed by atoms with Crippen LogP contribution < -0.4 is 0 Å². The van der Waals surface area contributed by atoms with Gasteiger partial charge in [0, 0.05) is 0 Å². The third-order valence-corrected chi connectivity index (χ3v) is 4.59. The molecule has 0 amide bonds. The van der Waals surface area contributed by atoms with Crippen molar-refractivity contribution in [1.82, 2.24) is 0 Å². The van der Waals surface area contributed by atoms with Gasteiger partial charge in [0.05, 0.1) is 17.7 Å². The lowest BCUT2D eigenvalue weighted by molar-refractivity contribution is -0.137. The summed E-state index contributed by atoms with van der Waals surface area (Å²) in [6.45, 7) is 2.43. The first-order valence-electron chi connectivity index (χ1n) is 9.44. The molecule has 0 unspecified atom stereocenters. The summed E-state index contributed by atoms with van der Waals surface area (Å²) in [4.78, 5) is 12.1. The summed E-state index contributed by atoms with van der Waals surface area (Å²) >= 11 is 0. The first-order chi connectivity index (χ1) is 13.9. The zero-order valence-corrected chi connectivity index (χ0v) is 16.0. The Bertz CT molecular complexity index is 959. The van der Waals surface area contributed by atoms with Crippen LogP contribution in [0.1, 0.15) is 35.7 Å². The lowest BCUT2D eigenvalue weighted by Crippen LogP contribution is -2.06. The van der Waals surface area contributed by atoms with Crippen LogP contribution in [-0.2, 0) is 10.9 Å². The molecule has 3 aromatic rings. The number of esters is 1. The Kier molecular flexibility index (Phi) is 6.37. The summed E-state index contributed by atoms with van der Waals surface area (Å²) in [5.41, 5.74) is 3.12. The fourth-order valence-corrected chi connectivity index (χ4v) is 2.93. The van der Waals surface area contributed by atoms with E-state index in [1.165, 1.54) is 12.1 Å². The molecule has 0 bridgehead atoms. The van der Waals surface area contributed by atoms with Crippen molar-refractivity contribution in [3.63, 3.8) is 0 Å².